The van der Waals surface area contributed by atoms with E-state index in [4.69, 9.17) is 5.32 Å². The first-order valence-corrected chi connectivity index (χ1v) is 18.0. The van der Waals surface area contributed by atoms with Gasteiger partial charge in [0, 0.05) is 8.07 Å². The molecule has 2 aliphatic carbocycles. The van der Waals surface area contributed by atoms with E-state index in [-0.39, 0.29) is 31.9 Å². The molecule has 4 rings (SSSR count). The Morgan fingerprint density at radius 3 is 1.58 bits per heavy atom. The van der Waals surface area contributed by atoms with E-state index in [1.165, 1.54) is 94.6 Å². The largest absolute Gasteiger partial charge is 4.00 e. The molecule has 0 saturated heterocycles. The second-order valence-corrected chi connectivity index (χ2v) is 16.5. The second-order valence-electron chi connectivity index (χ2n) is 11.2. The Balaban J connectivity index is 0.000000484. The van der Waals surface area contributed by atoms with Crippen LogP contribution in [0.4, 0.5) is 5.69 Å². The van der Waals surface area contributed by atoms with Crippen LogP contribution in [0.25, 0.3) is 5.32 Å². The predicted molar refractivity (Wildman–Crippen MR) is 159 cm³/mol. The van der Waals surface area contributed by atoms with E-state index >= 15 is 0 Å². The van der Waals surface area contributed by atoms with Crippen molar-refractivity contribution in [3.8, 4) is 0 Å². The summed E-state index contributed by atoms with van der Waals surface area (Å²) in [5.74, 6) is 0. The summed E-state index contributed by atoms with van der Waals surface area (Å²) in [5, 5.41) is 5.17. The van der Waals surface area contributed by atoms with Crippen LogP contribution in [0.5, 0.6) is 0 Å². The molecule has 0 radical (unpaired) electrons. The molecule has 0 aliphatic heterocycles. The zero-order valence-electron chi connectivity index (χ0n) is 23.7. The quantitative estimate of drug-likeness (QED) is 0.159. The van der Waals surface area contributed by atoms with Gasteiger partial charge in [0.05, 0.1) is 0 Å². The molecule has 0 heterocycles. The van der Waals surface area contributed by atoms with Crippen molar-refractivity contribution >= 4 is 13.8 Å². The summed E-state index contributed by atoms with van der Waals surface area (Å²) in [6.07, 6.45) is 23.5. The number of para-hydroxylation sites is 1. The van der Waals surface area contributed by atoms with Gasteiger partial charge in [-0.25, -0.2) is 0 Å². The summed E-state index contributed by atoms with van der Waals surface area (Å²) < 4.78 is 0. The number of hydrogen-bond donors (Lipinski definition) is 0. The molecule has 194 valence electrons. The minimum Gasteiger partial charge on any atom is -0.681 e. The average molecular weight is 581 g/mol. The maximum Gasteiger partial charge on any atom is 4.00 e. The van der Waals surface area contributed by atoms with Crippen molar-refractivity contribution in [2.45, 2.75) is 122 Å². The number of benzene rings is 2. The van der Waals surface area contributed by atoms with Crippen LogP contribution in [0.3, 0.4) is 0 Å². The Kier molecular flexibility index (Phi) is 18.5. The fourth-order valence-electron chi connectivity index (χ4n) is 4.77. The molecule has 2 fully saturated rings. The van der Waals surface area contributed by atoms with E-state index in [0.717, 1.165) is 12.1 Å². The molecule has 1 nitrogen and oxygen atoms in total. The summed E-state index contributed by atoms with van der Waals surface area (Å²) in [5.41, 5.74) is 3.90. The zero-order chi connectivity index (χ0) is 25.2. The van der Waals surface area contributed by atoms with Crippen LogP contribution in [0, 0.1) is 6.08 Å². The van der Waals surface area contributed by atoms with Crippen LogP contribution in [0.15, 0.2) is 66.2 Å². The molecule has 0 spiro atoms. The summed E-state index contributed by atoms with van der Waals surface area (Å²) in [6, 6.07) is 20.9. The zero-order valence-corrected chi connectivity index (χ0v) is 27.2. The van der Waals surface area contributed by atoms with Gasteiger partial charge in [0.15, 0.2) is 0 Å². The molecule has 2 aromatic rings. The number of rotatable bonds is 9. The maximum atomic E-state index is 5.17. The van der Waals surface area contributed by atoms with Gasteiger partial charge in [-0.05, 0) is 6.42 Å². The van der Waals surface area contributed by atoms with Gasteiger partial charge in [-0.3, -0.25) is 0 Å². The molecule has 3 heteroatoms. The Morgan fingerprint density at radius 1 is 0.722 bits per heavy atom. The third-order valence-corrected chi connectivity index (χ3v) is 8.93. The smallest absolute Gasteiger partial charge is 0.681 e. The summed E-state index contributed by atoms with van der Waals surface area (Å²) >= 11 is 0. The second kappa shape index (κ2) is 20.1. The van der Waals surface area contributed by atoms with Gasteiger partial charge in [-0.2, -0.15) is 23.8 Å². The number of hydrogen-bond acceptors (Lipinski definition) is 0. The number of nitrogens with zero attached hydrogens (tertiary/aromatic N) is 1. The molecule has 2 aliphatic rings. The van der Waals surface area contributed by atoms with E-state index < -0.39 is 8.07 Å². The van der Waals surface area contributed by atoms with Crippen LogP contribution in [0.2, 0.25) is 19.6 Å². The number of unbranched alkanes of at least 4 members (excludes halogenated alkanes) is 2. The Hall–Kier alpha value is -0.920. The predicted octanol–water partition coefficient (Wildman–Crippen LogP) is 11.2. The molecule has 0 bridgehead atoms. The first-order chi connectivity index (χ1) is 17.0. The van der Waals surface area contributed by atoms with Crippen molar-refractivity contribution in [2.75, 3.05) is 0 Å². The summed E-state index contributed by atoms with van der Waals surface area (Å²) in [4.78, 5) is 0. The Bertz CT molecular complexity index is 764. The van der Waals surface area contributed by atoms with Crippen molar-refractivity contribution in [3.63, 3.8) is 0 Å². The molecule has 0 amide bonds. The SMILES string of the molecule is C1CCCC1.C1CCCC1.CCCCCC(=[C-]c1ccccc1)C([N-]c1ccccc1)[Si](C)(C)C.[Zr+4]. The standard InChI is InChI=1S/C23H31NSi.2C5H10.Zr/c1-5-6-9-16-21(19-20-14-10-7-11-15-20)23(25(2,3)4)24-22-17-12-8-13-18-22;2*1-2-4-5-3-1;/h7-8,10-15,17-18,23H,5-6,9,16H2,1-4H3;2*1-5H2;/q-2;;;+4. The van der Waals surface area contributed by atoms with Gasteiger partial charge in [-0.15, -0.1) is 29.1 Å². The van der Waals surface area contributed by atoms with Crippen LogP contribution >= 0.6 is 0 Å². The van der Waals surface area contributed by atoms with Gasteiger partial charge >= 0.3 is 26.2 Å². The first-order valence-electron chi connectivity index (χ1n) is 14.4. The van der Waals surface area contributed by atoms with Gasteiger partial charge < -0.3 is 5.32 Å². The van der Waals surface area contributed by atoms with Crippen molar-refractivity contribution in [3.05, 3.63) is 83.2 Å². The topological polar surface area (TPSA) is 14.1 Å². The molecule has 0 N–H and O–H groups in total. The van der Waals surface area contributed by atoms with E-state index in [1.54, 1.807) is 0 Å². The van der Waals surface area contributed by atoms with E-state index in [1.807, 2.05) is 0 Å². The summed E-state index contributed by atoms with van der Waals surface area (Å²) in [7, 11) is -1.51. The van der Waals surface area contributed by atoms with Gasteiger partial charge in [0.2, 0.25) is 0 Å². The first kappa shape index (κ1) is 33.1. The molecular formula is C33H51NSiZr+2. The minimum atomic E-state index is -1.51. The van der Waals surface area contributed by atoms with Crippen LogP contribution in [-0.4, -0.2) is 13.7 Å². The fraction of sp³-hybridized carbons (Fsp3) is 0.576. The van der Waals surface area contributed by atoms with E-state index in [2.05, 4.69) is 93.3 Å². The van der Waals surface area contributed by atoms with Gasteiger partial charge in [0.25, 0.3) is 0 Å². The van der Waals surface area contributed by atoms with Crippen molar-refractivity contribution in [1.82, 2.24) is 0 Å². The molecule has 0 aromatic heterocycles. The molecular weight excluding hydrogens is 530 g/mol. The summed E-state index contributed by atoms with van der Waals surface area (Å²) in [6.45, 7) is 9.50. The van der Waals surface area contributed by atoms with Crippen LogP contribution in [0.1, 0.15) is 102 Å². The monoisotopic (exact) mass is 579 g/mol. The normalized spacial score (nSPS) is 16.1. The van der Waals surface area contributed by atoms with E-state index in [9.17, 15) is 0 Å². The fourth-order valence-corrected chi connectivity index (χ4v) is 6.56. The molecule has 1 unspecified atom stereocenters. The van der Waals surface area contributed by atoms with Crippen LogP contribution in [-0.2, 0) is 26.2 Å². The molecule has 2 aromatic carbocycles. The maximum absolute atomic E-state index is 5.17. The minimum absolute atomic E-state index is 0. The average Bonchev–Trinajstić information content (AvgIpc) is 3.62. The molecule has 36 heavy (non-hydrogen) atoms. The molecule has 1 atom stereocenters. The van der Waals surface area contributed by atoms with Gasteiger partial charge in [0.1, 0.15) is 0 Å². The Morgan fingerprint density at radius 2 is 1.17 bits per heavy atom. The third-order valence-electron chi connectivity index (χ3n) is 6.81. The molecule has 2 saturated carbocycles. The van der Waals surface area contributed by atoms with Crippen molar-refractivity contribution < 1.29 is 26.2 Å². The van der Waals surface area contributed by atoms with Crippen molar-refractivity contribution in [1.29, 1.82) is 0 Å². The Labute approximate surface area is 244 Å². The van der Waals surface area contributed by atoms with Crippen molar-refractivity contribution in [2.24, 2.45) is 0 Å². The van der Waals surface area contributed by atoms with E-state index in [0.29, 0.717) is 0 Å². The van der Waals surface area contributed by atoms with Gasteiger partial charge in [-0.1, -0.05) is 146 Å². The third kappa shape index (κ3) is 14.7. The van der Waals surface area contributed by atoms with Crippen LogP contribution < -0.4 is 0 Å².